The number of hydrogen-bond donors (Lipinski definition) is 0. The van der Waals surface area contributed by atoms with Crippen molar-refractivity contribution in [2.45, 2.75) is 0 Å². The van der Waals surface area contributed by atoms with E-state index in [2.05, 4.69) is 15.9 Å². The summed E-state index contributed by atoms with van der Waals surface area (Å²) in [5, 5.41) is 0. The van der Waals surface area contributed by atoms with Crippen LogP contribution in [0.3, 0.4) is 0 Å². The van der Waals surface area contributed by atoms with Crippen LogP contribution < -0.4 is 9.47 Å². The molecule has 0 amide bonds. The van der Waals surface area contributed by atoms with Crippen LogP contribution in [0.5, 0.6) is 11.5 Å². The van der Waals surface area contributed by atoms with Crippen molar-refractivity contribution in [1.29, 1.82) is 0 Å². The first-order chi connectivity index (χ1) is 14.0. The molecule has 0 unspecified atom stereocenters. The van der Waals surface area contributed by atoms with Crippen molar-refractivity contribution in [2.24, 2.45) is 0 Å². The van der Waals surface area contributed by atoms with E-state index in [9.17, 15) is 14.0 Å². The summed E-state index contributed by atoms with van der Waals surface area (Å²) in [5.41, 5.74) is 1.07. The first kappa shape index (κ1) is 20.5. The smallest absolute Gasteiger partial charge is 0.346 e. The van der Waals surface area contributed by atoms with Crippen LogP contribution in [0.1, 0.15) is 26.3 Å². The quantitative estimate of drug-likeness (QED) is 0.207. The van der Waals surface area contributed by atoms with Crippen molar-refractivity contribution in [2.75, 3.05) is 7.11 Å². The maximum atomic E-state index is 13.8. The van der Waals surface area contributed by atoms with Gasteiger partial charge in [-0.2, -0.15) is 0 Å². The summed E-state index contributed by atoms with van der Waals surface area (Å²) < 4.78 is 25.2. The van der Waals surface area contributed by atoms with E-state index in [0.29, 0.717) is 11.1 Å². The van der Waals surface area contributed by atoms with Crippen LogP contribution in [0.15, 0.2) is 77.3 Å². The lowest BCUT2D eigenvalue weighted by Crippen LogP contribution is -2.11. The highest BCUT2D eigenvalue weighted by Crippen LogP contribution is 2.29. The normalized spacial score (nSPS) is 10.7. The van der Waals surface area contributed by atoms with Gasteiger partial charge in [0.2, 0.25) is 0 Å². The monoisotopic (exact) mass is 454 g/mol. The summed E-state index contributed by atoms with van der Waals surface area (Å²) in [6, 6.07) is 17.4. The number of rotatable bonds is 6. The van der Waals surface area contributed by atoms with E-state index in [4.69, 9.17) is 9.47 Å². The Morgan fingerprint density at radius 3 is 2.38 bits per heavy atom. The molecule has 0 aliphatic heterocycles. The zero-order chi connectivity index (χ0) is 20.8. The molecule has 6 heteroatoms. The van der Waals surface area contributed by atoms with Gasteiger partial charge < -0.3 is 9.47 Å². The summed E-state index contributed by atoms with van der Waals surface area (Å²) >= 11 is 3.33. The molecule has 0 atom stereocenters. The first-order valence-electron chi connectivity index (χ1n) is 8.60. The van der Waals surface area contributed by atoms with E-state index in [0.717, 1.165) is 4.47 Å². The minimum Gasteiger partial charge on any atom is -0.493 e. The standard InChI is InChI=1S/C23H16BrFO4/c1-28-22-14-15(6-12-20(26)16-8-10-17(24)11-9-16)7-13-21(22)29-23(27)18-4-2-3-5-19(18)25/h2-14H,1H3. The molecular formula is C23H16BrFO4. The van der Waals surface area contributed by atoms with Crippen molar-refractivity contribution < 1.29 is 23.5 Å². The highest BCUT2D eigenvalue weighted by atomic mass is 79.9. The third kappa shape index (κ3) is 5.18. The first-order valence-corrected chi connectivity index (χ1v) is 9.40. The second-order valence-corrected chi connectivity index (χ2v) is 6.90. The lowest BCUT2D eigenvalue weighted by molar-refractivity contribution is 0.0724. The molecule has 0 saturated heterocycles. The molecule has 146 valence electrons. The Hall–Kier alpha value is -3.25. The molecule has 0 heterocycles. The van der Waals surface area contributed by atoms with E-state index >= 15 is 0 Å². The Balaban J connectivity index is 1.76. The molecule has 3 aromatic rings. The lowest BCUT2D eigenvalue weighted by atomic mass is 10.1. The van der Waals surface area contributed by atoms with Crippen LogP contribution in [-0.2, 0) is 0 Å². The predicted molar refractivity (Wildman–Crippen MR) is 112 cm³/mol. The van der Waals surface area contributed by atoms with E-state index in [1.807, 2.05) is 0 Å². The van der Waals surface area contributed by atoms with Gasteiger partial charge in [0, 0.05) is 10.0 Å². The number of carbonyl (C=O) groups excluding carboxylic acids is 2. The number of esters is 1. The number of benzene rings is 3. The van der Waals surface area contributed by atoms with Crippen molar-refractivity contribution in [1.82, 2.24) is 0 Å². The van der Waals surface area contributed by atoms with Crippen molar-refractivity contribution in [3.05, 3.63) is 99.8 Å². The topological polar surface area (TPSA) is 52.6 Å². The molecule has 0 fully saturated rings. The van der Waals surface area contributed by atoms with Crippen molar-refractivity contribution in [3.8, 4) is 11.5 Å². The lowest BCUT2D eigenvalue weighted by Gasteiger charge is -2.10. The predicted octanol–water partition coefficient (Wildman–Crippen LogP) is 5.71. The zero-order valence-electron chi connectivity index (χ0n) is 15.4. The Morgan fingerprint density at radius 2 is 1.69 bits per heavy atom. The summed E-state index contributed by atoms with van der Waals surface area (Å²) in [6.07, 6.45) is 3.08. The van der Waals surface area contributed by atoms with Crippen LogP contribution >= 0.6 is 15.9 Å². The summed E-state index contributed by atoms with van der Waals surface area (Å²) in [6.45, 7) is 0. The number of hydrogen-bond acceptors (Lipinski definition) is 4. The molecule has 0 N–H and O–H groups in total. The van der Waals surface area contributed by atoms with Crippen LogP contribution in [0.25, 0.3) is 6.08 Å². The molecule has 0 aromatic heterocycles. The van der Waals surface area contributed by atoms with E-state index in [1.165, 1.54) is 37.5 Å². The largest absolute Gasteiger partial charge is 0.493 e. The van der Waals surface area contributed by atoms with Gasteiger partial charge in [-0.1, -0.05) is 40.2 Å². The fourth-order valence-electron chi connectivity index (χ4n) is 2.54. The average Bonchev–Trinajstić information content (AvgIpc) is 2.73. The van der Waals surface area contributed by atoms with Crippen molar-refractivity contribution >= 4 is 33.8 Å². The maximum absolute atomic E-state index is 13.8. The Morgan fingerprint density at radius 1 is 0.966 bits per heavy atom. The molecule has 4 nitrogen and oxygen atoms in total. The van der Waals surface area contributed by atoms with Gasteiger partial charge >= 0.3 is 5.97 Å². The molecule has 0 aliphatic carbocycles. The third-order valence-corrected chi connectivity index (χ3v) is 4.57. The number of halogens is 2. The molecule has 0 saturated carbocycles. The van der Waals surface area contributed by atoms with E-state index < -0.39 is 11.8 Å². The number of methoxy groups -OCH3 is 1. The average molecular weight is 455 g/mol. The Labute approximate surface area is 175 Å². The third-order valence-electron chi connectivity index (χ3n) is 4.04. The van der Waals surface area contributed by atoms with Gasteiger partial charge in [-0.3, -0.25) is 4.79 Å². The van der Waals surface area contributed by atoms with E-state index in [-0.39, 0.29) is 22.8 Å². The van der Waals surface area contributed by atoms with Gasteiger partial charge in [0.05, 0.1) is 12.7 Å². The van der Waals surface area contributed by atoms with Gasteiger partial charge in [-0.05, 0) is 60.2 Å². The SMILES string of the molecule is COc1cc(C=CC(=O)c2ccc(Br)cc2)ccc1OC(=O)c1ccccc1F. The van der Waals surface area contributed by atoms with Crippen LogP contribution in [0.2, 0.25) is 0 Å². The Bertz CT molecular complexity index is 1070. The van der Waals surface area contributed by atoms with Gasteiger partial charge in [0.1, 0.15) is 5.82 Å². The number of ether oxygens (including phenoxy) is 2. The van der Waals surface area contributed by atoms with Gasteiger partial charge in [-0.15, -0.1) is 0 Å². The second-order valence-electron chi connectivity index (χ2n) is 5.98. The van der Waals surface area contributed by atoms with Gasteiger partial charge in [0.25, 0.3) is 0 Å². The highest BCUT2D eigenvalue weighted by molar-refractivity contribution is 9.10. The molecule has 3 rings (SSSR count). The fourth-order valence-corrected chi connectivity index (χ4v) is 2.80. The van der Waals surface area contributed by atoms with Gasteiger partial charge in [-0.25, -0.2) is 9.18 Å². The molecule has 3 aromatic carbocycles. The summed E-state index contributed by atoms with van der Waals surface area (Å²) in [5.74, 6) is -1.20. The molecule has 0 radical (unpaired) electrons. The number of ketones is 1. The van der Waals surface area contributed by atoms with E-state index in [1.54, 1.807) is 48.5 Å². The molecular weight excluding hydrogens is 439 g/mol. The Kier molecular flexibility index (Phi) is 6.57. The number of carbonyl (C=O) groups is 2. The number of allylic oxidation sites excluding steroid dienone is 1. The maximum Gasteiger partial charge on any atom is 0.346 e. The fraction of sp³-hybridized carbons (Fsp3) is 0.0435. The molecule has 0 spiro atoms. The minimum absolute atomic E-state index is 0.147. The summed E-state index contributed by atoms with van der Waals surface area (Å²) in [7, 11) is 1.43. The van der Waals surface area contributed by atoms with Gasteiger partial charge in [0.15, 0.2) is 17.3 Å². The molecule has 29 heavy (non-hydrogen) atoms. The second kappa shape index (κ2) is 9.30. The van der Waals surface area contributed by atoms with Crippen molar-refractivity contribution in [3.63, 3.8) is 0 Å². The van der Waals surface area contributed by atoms with Crippen LogP contribution in [0, 0.1) is 5.82 Å². The van der Waals surface area contributed by atoms with Crippen LogP contribution in [-0.4, -0.2) is 18.9 Å². The highest BCUT2D eigenvalue weighted by Gasteiger charge is 2.16. The zero-order valence-corrected chi connectivity index (χ0v) is 17.0. The summed E-state index contributed by atoms with van der Waals surface area (Å²) in [4.78, 5) is 24.5. The minimum atomic E-state index is -0.824. The molecule has 0 aliphatic rings. The van der Waals surface area contributed by atoms with Crippen LogP contribution in [0.4, 0.5) is 4.39 Å². The molecule has 0 bridgehead atoms.